The first kappa shape index (κ1) is 11.1. The van der Waals surface area contributed by atoms with E-state index in [0.29, 0.717) is 11.8 Å². The summed E-state index contributed by atoms with van der Waals surface area (Å²) in [5.41, 5.74) is 1.76. The van der Waals surface area contributed by atoms with Crippen molar-refractivity contribution in [3.8, 4) is 5.75 Å². The van der Waals surface area contributed by atoms with Gasteiger partial charge in [0.25, 0.3) is 0 Å². The Kier molecular flexibility index (Phi) is 3.19. The summed E-state index contributed by atoms with van der Waals surface area (Å²) in [4.78, 5) is 0. The molecule has 0 saturated carbocycles. The molecule has 14 heavy (non-hydrogen) atoms. The van der Waals surface area contributed by atoms with Crippen molar-refractivity contribution in [2.24, 2.45) is 0 Å². The molecule has 1 aromatic rings. The zero-order chi connectivity index (χ0) is 10.9. The molecule has 80 valence electrons. The fourth-order valence-corrected chi connectivity index (χ4v) is 1.63. The van der Waals surface area contributed by atoms with Crippen LogP contribution in [0.15, 0.2) is 0 Å². The zero-order valence-electron chi connectivity index (χ0n) is 9.70. The third kappa shape index (κ3) is 1.76. The number of rotatable bonds is 3. The van der Waals surface area contributed by atoms with Crippen molar-refractivity contribution in [3.05, 3.63) is 11.4 Å². The summed E-state index contributed by atoms with van der Waals surface area (Å²) in [5, 5.41) is 14.4. The third-order valence-corrected chi connectivity index (χ3v) is 2.38. The first-order valence-electron chi connectivity index (χ1n) is 5.29. The largest absolute Gasteiger partial charge is 0.504 e. The van der Waals surface area contributed by atoms with Crippen LogP contribution in [0.4, 0.5) is 0 Å². The molecule has 0 fully saturated rings. The fourth-order valence-electron chi connectivity index (χ4n) is 1.63. The van der Waals surface area contributed by atoms with Gasteiger partial charge in [-0.2, -0.15) is 5.10 Å². The highest BCUT2D eigenvalue weighted by Crippen LogP contribution is 2.30. The van der Waals surface area contributed by atoms with E-state index < -0.39 is 0 Å². The van der Waals surface area contributed by atoms with E-state index >= 15 is 0 Å². The highest BCUT2D eigenvalue weighted by Gasteiger charge is 2.18. The number of nitrogens with zero attached hydrogens (tertiary/aromatic N) is 2. The van der Waals surface area contributed by atoms with Gasteiger partial charge in [0.1, 0.15) is 5.69 Å². The zero-order valence-corrected chi connectivity index (χ0v) is 9.70. The van der Waals surface area contributed by atoms with Gasteiger partial charge in [-0.05, 0) is 20.3 Å². The Labute approximate surface area is 85.8 Å². The van der Waals surface area contributed by atoms with E-state index in [0.717, 1.165) is 17.8 Å². The Morgan fingerprint density at radius 1 is 1.29 bits per heavy atom. The van der Waals surface area contributed by atoms with Crippen LogP contribution in [0.1, 0.15) is 58.0 Å². The topological polar surface area (TPSA) is 38.1 Å². The summed E-state index contributed by atoms with van der Waals surface area (Å²) in [5.74, 6) is 0.663. The van der Waals surface area contributed by atoms with Crippen molar-refractivity contribution >= 4 is 0 Å². The molecule has 0 aromatic carbocycles. The van der Waals surface area contributed by atoms with Gasteiger partial charge < -0.3 is 5.11 Å². The fraction of sp³-hybridized carbons (Fsp3) is 0.727. The van der Waals surface area contributed by atoms with Crippen LogP contribution in [0.3, 0.4) is 0 Å². The van der Waals surface area contributed by atoms with E-state index in [4.69, 9.17) is 0 Å². The van der Waals surface area contributed by atoms with Crippen LogP contribution >= 0.6 is 0 Å². The van der Waals surface area contributed by atoms with Gasteiger partial charge in [-0.25, -0.2) is 0 Å². The van der Waals surface area contributed by atoms with Crippen LogP contribution in [-0.2, 0) is 6.42 Å². The SMILES string of the molecule is CCc1c(O)c(C(C)C)nn1C(C)C. The Bertz CT molecular complexity index is 313. The highest BCUT2D eigenvalue weighted by molar-refractivity contribution is 5.34. The quantitative estimate of drug-likeness (QED) is 0.807. The number of aromatic nitrogens is 2. The number of hydrogen-bond donors (Lipinski definition) is 1. The average Bonchev–Trinajstić information content (AvgIpc) is 2.42. The van der Waals surface area contributed by atoms with Crippen molar-refractivity contribution in [3.63, 3.8) is 0 Å². The van der Waals surface area contributed by atoms with E-state index in [9.17, 15) is 5.11 Å². The van der Waals surface area contributed by atoms with Crippen molar-refractivity contribution in [2.45, 2.75) is 53.0 Å². The lowest BCUT2D eigenvalue weighted by Crippen LogP contribution is -2.07. The maximum atomic E-state index is 9.95. The molecule has 0 atom stereocenters. The Morgan fingerprint density at radius 3 is 2.14 bits per heavy atom. The predicted octanol–water partition coefficient (Wildman–Crippen LogP) is 2.86. The molecule has 1 aromatic heterocycles. The molecule has 0 aliphatic heterocycles. The second kappa shape index (κ2) is 4.03. The van der Waals surface area contributed by atoms with Gasteiger partial charge in [0.15, 0.2) is 5.75 Å². The van der Waals surface area contributed by atoms with Gasteiger partial charge in [0, 0.05) is 12.0 Å². The summed E-state index contributed by atoms with van der Waals surface area (Å²) in [6.45, 7) is 10.3. The Balaban J connectivity index is 3.24. The van der Waals surface area contributed by atoms with Gasteiger partial charge in [0.05, 0.1) is 5.69 Å². The monoisotopic (exact) mass is 196 g/mol. The molecular weight excluding hydrogens is 176 g/mol. The van der Waals surface area contributed by atoms with Crippen LogP contribution < -0.4 is 0 Å². The maximum Gasteiger partial charge on any atom is 0.160 e. The normalized spacial score (nSPS) is 11.6. The van der Waals surface area contributed by atoms with Gasteiger partial charge in [-0.1, -0.05) is 20.8 Å². The minimum atomic E-state index is 0.278. The lowest BCUT2D eigenvalue weighted by atomic mass is 10.1. The second-order valence-electron chi connectivity index (χ2n) is 4.23. The minimum Gasteiger partial charge on any atom is -0.504 e. The van der Waals surface area contributed by atoms with Crippen molar-refractivity contribution < 1.29 is 5.11 Å². The molecular formula is C11H20N2O. The van der Waals surface area contributed by atoms with Gasteiger partial charge in [-0.15, -0.1) is 0 Å². The van der Waals surface area contributed by atoms with Gasteiger partial charge >= 0.3 is 0 Å². The van der Waals surface area contributed by atoms with Gasteiger partial charge in [-0.3, -0.25) is 4.68 Å². The molecule has 1 N–H and O–H groups in total. The molecule has 0 aliphatic carbocycles. The predicted molar refractivity (Wildman–Crippen MR) is 57.7 cm³/mol. The van der Waals surface area contributed by atoms with Crippen LogP contribution in [0.5, 0.6) is 5.75 Å². The summed E-state index contributed by atoms with van der Waals surface area (Å²) >= 11 is 0. The smallest absolute Gasteiger partial charge is 0.160 e. The van der Waals surface area contributed by atoms with Crippen LogP contribution in [0, 0.1) is 0 Å². The molecule has 3 heteroatoms. The summed E-state index contributed by atoms with van der Waals surface area (Å²) in [6, 6.07) is 0.309. The van der Waals surface area contributed by atoms with Crippen molar-refractivity contribution in [1.29, 1.82) is 0 Å². The van der Waals surface area contributed by atoms with E-state index in [1.807, 2.05) is 25.5 Å². The molecule has 0 unspecified atom stereocenters. The number of aromatic hydroxyl groups is 1. The summed E-state index contributed by atoms with van der Waals surface area (Å²) in [7, 11) is 0. The Morgan fingerprint density at radius 2 is 1.86 bits per heavy atom. The van der Waals surface area contributed by atoms with E-state index in [-0.39, 0.29) is 5.92 Å². The van der Waals surface area contributed by atoms with E-state index in [1.54, 1.807) is 0 Å². The highest BCUT2D eigenvalue weighted by atomic mass is 16.3. The molecule has 3 nitrogen and oxygen atoms in total. The molecule has 0 aliphatic rings. The van der Waals surface area contributed by atoms with Crippen LogP contribution in [0.25, 0.3) is 0 Å². The first-order chi connectivity index (χ1) is 6.49. The molecule has 0 amide bonds. The Hall–Kier alpha value is -0.990. The molecule has 1 heterocycles. The van der Waals surface area contributed by atoms with Crippen molar-refractivity contribution in [1.82, 2.24) is 9.78 Å². The van der Waals surface area contributed by atoms with E-state index in [2.05, 4.69) is 18.9 Å². The standard InChI is InChI=1S/C11H20N2O/c1-6-9-11(14)10(7(2)3)12-13(9)8(4)5/h7-8,14H,6H2,1-5H3. The van der Waals surface area contributed by atoms with Crippen molar-refractivity contribution in [2.75, 3.05) is 0 Å². The van der Waals surface area contributed by atoms with Crippen LogP contribution in [-0.4, -0.2) is 14.9 Å². The summed E-state index contributed by atoms with van der Waals surface area (Å²) < 4.78 is 1.92. The van der Waals surface area contributed by atoms with Crippen LogP contribution in [0.2, 0.25) is 0 Å². The number of hydrogen-bond acceptors (Lipinski definition) is 2. The molecule has 1 rings (SSSR count). The molecule has 0 radical (unpaired) electrons. The maximum absolute atomic E-state index is 9.95. The second-order valence-corrected chi connectivity index (χ2v) is 4.23. The third-order valence-electron chi connectivity index (χ3n) is 2.38. The van der Waals surface area contributed by atoms with E-state index in [1.165, 1.54) is 0 Å². The molecule has 0 bridgehead atoms. The lowest BCUT2D eigenvalue weighted by molar-refractivity contribution is 0.452. The first-order valence-corrected chi connectivity index (χ1v) is 5.29. The van der Waals surface area contributed by atoms with Gasteiger partial charge in [0.2, 0.25) is 0 Å². The molecule has 0 spiro atoms. The lowest BCUT2D eigenvalue weighted by Gasteiger charge is -2.08. The average molecular weight is 196 g/mol. The molecule has 0 saturated heterocycles. The minimum absolute atomic E-state index is 0.278. The summed E-state index contributed by atoms with van der Waals surface area (Å²) in [6.07, 6.45) is 0.823.